The molecule has 0 amide bonds. The monoisotopic (exact) mass is 318 g/mol. The average Bonchev–Trinajstić information content (AvgIpc) is 2.93. The van der Waals surface area contributed by atoms with Crippen LogP contribution >= 0.6 is 0 Å². The zero-order chi connectivity index (χ0) is 16.1. The molecule has 2 N–H and O–H groups in total. The topological polar surface area (TPSA) is 112 Å². The molecule has 10 heteroatoms. The molecule has 2 aliphatic rings. The molecule has 0 saturated carbocycles. The van der Waals surface area contributed by atoms with Crippen molar-refractivity contribution in [1.29, 1.82) is 0 Å². The number of hydrogen-bond acceptors (Lipinski definition) is 7. The highest BCUT2D eigenvalue weighted by Gasteiger charge is 2.70. The second-order valence-electron chi connectivity index (χ2n) is 5.27. The van der Waals surface area contributed by atoms with Gasteiger partial charge in [-0.2, -0.15) is 0 Å². The number of aliphatic hydroxyl groups excluding tert-OH is 1. The van der Waals surface area contributed by atoms with Crippen LogP contribution in [0.15, 0.2) is 21.9 Å². The minimum Gasteiger partial charge on any atom is -0.390 e. The highest BCUT2D eigenvalue weighted by Crippen LogP contribution is 2.52. The number of rotatable bonds is 3. The Kier molecular flexibility index (Phi) is 3.45. The van der Waals surface area contributed by atoms with Gasteiger partial charge < -0.3 is 24.1 Å². The predicted molar refractivity (Wildman–Crippen MR) is 67.5 cm³/mol. The van der Waals surface area contributed by atoms with Crippen LogP contribution in [0.25, 0.3) is 0 Å². The van der Waals surface area contributed by atoms with E-state index in [-0.39, 0.29) is 0 Å². The van der Waals surface area contributed by atoms with Gasteiger partial charge in [-0.3, -0.25) is 14.3 Å². The Morgan fingerprint density at radius 1 is 1.50 bits per heavy atom. The molecule has 2 aliphatic heterocycles. The highest BCUT2D eigenvalue weighted by atomic mass is 19.2. The number of nitrogens with one attached hydrogen (secondary N) is 1. The van der Waals surface area contributed by atoms with Crippen molar-refractivity contribution in [3.8, 4) is 0 Å². The van der Waals surface area contributed by atoms with Crippen molar-refractivity contribution in [2.45, 2.75) is 37.2 Å². The molecule has 3 heterocycles. The van der Waals surface area contributed by atoms with E-state index in [1.54, 1.807) is 0 Å². The van der Waals surface area contributed by atoms with E-state index in [1.165, 1.54) is 14.0 Å². The Morgan fingerprint density at radius 2 is 2.23 bits per heavy atom. The Balaban J connectivity index is 2.08. The van der Waals surface area contributed by atoms with Crippen LogP contribution in [-0.2, 0) is 18.9 Å². The molecule has 1 aromatic heterocycles. The number of alkyl halides is 1. The van der Waals surface area contributed by atoms with Gasteiger partial charge in [-0.05, 0) is 6.92 Å². The summed E-state index contributed by atoms with van der Waals surface area (Å²) in [5.74, 6) is -2.58. The number of aromatic amines is 1. The summed E-state index contributed by atoms with van der Waals surface area (Å²) in [6.07, 6.45) is -1.43. The first-order chi connectivity index (χ1) is 10.3. The Hall–Kier alpha value is -1.59. The Labute approximate surface area is 123 Å². The van der Waals surface area contributed by atoms with Gasteiger partial charge in [0.1, 0.15) is 12.2 Å². The predicted octanol–water partition coefficient (Wildman–Crippen LogP) is -1.17. The van der Waals surface area contributed by atoms with E-state index < -0.39 is 48.1 Å². The summed E-state index contributed by atoms with van der Waals surface area (Å²) < 4.78 is 36.6. The molecule has 1 aromatic rings. The normalized spacial score (nSPS) is 40.8. The van der Waals surface area contributed by atoms with E-state index >= 15 is 0 Å². The molecule has 0 aliphatic carbocycles. The van der Waals surface area contributed by atoms with Gasteiger partial charge in [-0.15, -0.1) is 0 Å². The maximum Gasteiger partial charge on any atom is 0.330 e. The minimum atomic E-state index is -2.58. The first-order valence-corrected chi connectivity index (χ1v) is 6.49. The second kappa shape index (κ2) is 4.96. The van der Waals surface area contributed by atoms with Gasteiger partial charge in [0.15, 0.2) is 12.3 Å². The average molecular weight is 318 g/mol. The molecule has 0 aromatic carbocycles. The molecule has 22 heavy (non-hydrogen) atoms. The molecular weight excluding hydrogens is 303 g/mol. The molecule has 2 fully saturated rings. The molecule has 0 spiro atoms. The quantitative estimate of drug-likeness (QED) is 0.722. The highest BCUT2D eigenvalue weighted by molar-refractivity contribution is 5.08. The van der Waals surface area contributed by atoms with Crippen molar-refractivity contribution >= 4 is 0 Å². The molecule has 3 rings (SSSR count). The molecule has 5 unspecified atom stereocenters. The lowest BCUT2D eigenvalue weighted by Crippen LogP contribution is -2.47. The summed E-state index contributed by atoms with van der Waals surface area (Å²) >= 11 is 0. The number of fused-ring (bicyclic) bond motifs is 1. The van der Waals surface area contributed by atoms with E-state index in [0.717, 1.165) is 16.8 Å². The lowest BCUT2D eigenvalue weighted by atomic mass is 9.95. The number of aromatic nitrogens is 2. The Bertz CT molecular complexity index is 691. The van der Waals surface area contributed by atoms with Crippen molar-refractivity contribution < 1.29 is 28.4 Å². The van der Waals surface area contributed by atoms with Gasteiger partial charge in [-0.25, -0.2) is 9.18 Å². The zero-order valence-corrected chi connectivity index (χ0v) is 11.8. The van der Waals surface area contributed by atoms with Crippen LogP contribution in [0.4, 0.5) is 4.39 Å². The van der Waals surface area contributed by atoms with Crippen molar-refractivity contribution in [3.05, 3.63) is 33.1 Å². The lowest BCUT2D eigenvalue weighted by Gasteiger charge is -2.27. The van der Waals surface area contributed by atoms with Crippen LogP contribution < -0.4 is 11.2 Å². The number of ether oxygens (including phenoxy) is 4. The lowest BCUT2D eigenvalue weighted by molar-refractivity contribution is -0.301. The third kappa shape index (κ3) is 2.03. The van der Waals surface area contributed by atoms with Crippen LogP contribution in [-0.4, -0.2) is 52.4 Å². The summed E-state index contributed by atoms with van der Waals surface area (Å²) in [7, 11) is 1.30. The number of aliphatic hydroxyl groups is 1. The second-order valence-corrected chi connectivity index (χ2v) is 5.27. The maximum atomic E-state index is 14.8. The third-order valence-electron chi connectivity index (χ3n) is 3.82. The van der Waals surface area contributed by atoms with Gasteiger partial charge >= 0.3 is 5.69 Å². The number of hydrogen-bond donors (Lipinski definition) is 2. The number of methoxy groups -OCH3 is 1. The summed E-state index contributed by atoms with van der Waals surface area (Å²) in [5, 5.41) is 9.30. The summed E-state index contributed by atoms with van der Waals surface area (Å²) in [5.41, 5.74) is -2.85. The van der Waals surface area contributed by atoms with Crippen LogP contribution in [0.5, 0.6) is 0 Å². The smallest absolute Gasteiger partial charge is 0.330 e. The van der Waals surface area contributed by atoms with E-state index in [9.17, 15) is 19.1 Å². The molecule has 5 atom stereocenters. The van der Waals surface area contributed by atoms with Crippen LogP contribution in [0.3, 0.4) is 0 Å². The van der Waals surface area contributed by atoms with Crippen LogP contribution in [0.2, 0.25) is 0 Å². The molecular formula is C12H15FN2O7. The fraction of sp³-hybridized carbons (Fsp3) is 0.667. The van der Waals surface area contributed by atoms with E-state index in [1.807, 2.05) is 4.98 Å². The zero-order valence-electron chi connectivity index (χ0n) is 11.8. The number of nitrogens with zero attached hydrogens (tertiary/aromatic N) is 1. The third-order valence-corrected chi connectivity index (χ3v) is 3.82. The van der Waals surface area contributed by atoms with Crippen LogP contribution in [0, 0.1) is 0 Å². The SMILES string of the molecule is COC1OC2C(F)(CO)OC(n3ccc(=O)[nH]c3=O)C2(C)O1. The van der Waals surface area contributed by atoms with E-state index in [4.69, 9.17) is 18.9 Å². The van der Waals surface area contributed by atoms with Crippen molar-refractivity contribution in [3.63, 3.8) is 0 Å². The summed E-state index contributed by atoms with van der Waals surface area (Å²) in [6.45, 7) is -0.695. The van der Waals surface area contributed by atoms with E-state index in [0.29, 0.717) is 0 Å². The van der Waals surface area contributed by atoms with Crippen molar-refractivity contribution in [1.82, 2.24) is 9.55 Å². The summed E-state index contributed by atoms with van der Waals surface area (Å²) in [6, 6.07) is 1.09. The van der Waals surface area contributed by atoms with Crippen molar-refractivity contribution in [2.75, 3.05) is 13.7 Å². The summed E-state index contributed by atoms with van der Waals surface area (Å²) in [4.78, 5) is 25.1. The Morgan fingerprint density at radius 3 is 2.82 bits per heavy atom. The van der Waals surface area contributed by atoms with Gasteiger partial charge in [0.05, 0.1) is 0 Å². The first-order valence-electron chi connectivity index (χ1n) is 6.49. The fourth-order valence-electron chi connectivity index (χ4n) is 2.79. The van der Waals surface area contributed by atoms with E-state index in [2.05, 4.69) is 0 Å². The van der Waals surface area contributed by atoms with Gasteiger partial charge in [0.25, 0.3) is 17.9 Å². The fourth-order valence-corrected chi connectivity index (χ4v) is 2.79. The number of H-pyrrole nitrogens is 1. The van der Waals surface area contributed by atoms with Gasteiger partial charge in [-0.1, -0.05) is 0 Å². The van der Waals surface area contributed by atoms with Gasteiger partial charge in [0.2, 0.25) is 0 Å². The largest absolute Gasteiger partial charge is 0.390 e. The van der Waals surface area contributed by atoms with Crippen LogP contribution in [0.1, 0.15) is 13.2 Å². The molecule has 122 valence electrons. The molecule has 0 radical (unpaired) electrons. The van der Waals surface area contributed by atoms with Crippen molar-refractivity contribution in [2.24, 2.45) is 0 Å². The van der Waals surface area contributed by atoms with Gasteiger partial charge in [0, 0.05) is 19.4 Å². The minimum absolute atomic E-state index is 0.604. The molecule has 2 saturated heterocycles. The standard InChI is InChI=1S/C12H15FN2O7/c1-11-7(20-10(19-2)22-11)12(13,5-16)21-8(11)15-4-3-6(17)14-9(15)18/h3-4,7-8,10,16H,5H2,1-2H3,(H,14,17,18). The maximum absolute atomic E-state index is 14.8. The first kappa shape index (κ1) is 15.3. The molecule has 0 bridgehead atoms. The molecule has 9 nitrogen and oxygen atoms in total. The number of halogens is 1.